The van der Waals surface area contributed by atoms with Crippen molar-refractivity contribution < 1.29 is 23.4 Å². The van der Waals surface area contributed by atoms with E-state index in [0.717, 1.165) is 22.8 Å². The number of carbonyl (C=O) groups is 1. The van der Waals surface area contributed by atoms with E-state index in [4.69, 9.17) is 18.6 Å². The Kier molecular flexibility index (Phi) is 7.44. The Morgan fingerprint density at radius 2 is 1.79 bits per heavy atom. The van der Waals surface area contributed by atoms with Gasteiger partial charge in [0.15, 0.2) is 5.16 Å². The molecule has 0 aliphatic carbocycles. The average molecular weight is 480 g/mol. The van der Waals surface area contributed by atoms with Crippen LogP contribution in [0.5, 0.6) is 17.2 Å². The molecule has 0 saturated heterocycles. The number of nitrogens with one attached hydrogen (secondary N) is 1. The lowest BCUT2D eigenvalue weighted by atomic mass is 10.1. The molecule has 0 unspecified atom stereocenters. The molecule has 1 N–H and O–H groups in total. The van der Waals surface area contributed by atoms with Crippen molar-refractivity contribution in [2.45, 2.75) is 11.7 Å². The molecular weight excluding hydrogens is 454 g/mol. The first-order valence-corrected chi connectivity index (χ1v) is 11.5. The molecule has 0 spiro atoms. The number of aromatic nitrogens is 2. The van der Waals surface area contributed by atoms with Crippen LogP contribution in [0.2, 0.25) is 0 Å². The summed E-state index contributed by atoms with van der Waals surface area (Å²) >= 11 is 1.34. The monoisotopic (exact) mass is 479 g/mol. The molecule has 2 heterocycles. The summed E-state index contributed by atoms with van der Waals surface area (Å²) in [5.41, 5.74) is 2.44. The number of carbonyl (C=O) groups excluding carboxylic acids is 1. The van der Waals surface area contributed by atoms with Crippen LogP contribution in [0.1, 0.15) is 5.76 Å². The molecule has 0 aliphatic rings. The molecule has 4 rings (SSSR count). The highest BCUT2D eigenvalue weighted by Gasteiger charge is 2.16. The lowest BCUT2D eigenvalue weighted by Gasteiger charge is -2.13. The van der Waals surface area contributed by atoms with Crippen LogP contribution in [0.4, 0.5) is 5.69 Å². The van der Waals surface area contributed by atoms with E-state index in [0.29, 0.717) is 28.9 Å². The van der Waals surface area contributed by atoms with Crippen LogP contribution in [0.3, 0.4) is 0 Å². The minimum absolute atomic E-state index is 0.164. The third kappa shape index (κ3) is 5.37. The lowest BCUT2D eigenvalue weighted by Crippen LogP contribution is -2.15. The van der Waals surface area contributed by atoms with Crippen molar-refractivity contribution in [3.63, 3.8) is 0 Å². The largest absolute Gasteiger partial charge is 0.497 e. The molecular formula is C25H25N3O5S. The van der Waals surface area contributed by atoms with Gasteiger partial charge in [0.25, 0.3) is 0 Å². The maximum Gasteiger partial charge on any atom is 0.234 e. The maximum absolute atomic E-state index is 12.7. The van der Waals surface area contributed by atoms with E-state index in [1.807, 2.05) is 41.0 Å². The highest BCUT2D eigenvalue weighted by molar-refractivity contribution is 7.99. The minimum atomic E-state index is -0.185. The smallest absolute Gasteiger partial charge is 0.234 e. The number of ether oxygens (including phenoxy) is 3. The van der Waals surface area contributed by atoms with Gasteiger partial charge in [-0.25, -0.2) is 4.98 Å². The van der Waals surface area contributed by atoms with E-state index in [1.165, 1.54) is 11.8 Å². The highest BCUT2D eigenvalue weighted by Crippen LogP contribution is 2.31. The first-order chi connectivity index (χ1) is 16.6. The van der Waals surface area contributed by atoms with Gasteiger partial charge in [0.1, 0.15) is 23.0 Å². The number of amides is 1. The first-order valence-electron chi connectivity index (χ1n) is 10.5. The summed E-state index contributed by atoms with van der Waals surface area (Å²) in [6.07, 6.45) is 3.44. The van der Waals surface area contributed by atoms with Gasteiger partial charge < -0.3 is 28.5 Å². The fourth-order valence-corrected chi connectivity index (χ4v) is 4.18. The fourth-order valence-electron chi connectivity index (χ4n) is 3.41. The molecule has 1 amide bonds. The Hall–Kier alpha value is -3.85. The zero-order valence-electron chi connectivity index (χ0n) is 19.1. The average Bonchev–Trinajstić information content (AvgIpc) is 3.53. The summed E-state index contributed by atoms with van der Waals surface area (Å²) in [4.78, 5) is 17.3. The number of hydrogen-bond acceptors (Lipinski definition) is 7. The van der Waals surface area contributed by atoms with Gasteiger partial charge in [0.2, 0.25) is 5.91 Å². The number of anilines is 1. The summed E-state index contributed by atoms with van der Waals surface area (Å²) in [7, 11) is 4.76. The number of methoxy groups -OCH3 is 3. The fraction of sp³-hybridized carbons (Fsp3) is 0.200. The van der Waals surface area contributed by atoms with Crippen LogP contribution < -0.4 is 19.5 Å². The standard InChI is InChI=1S/C25H25N3O5S/c1-30-18-8-6-17(7-9-18)22-14-26-25(28(22)15-20-5-4-12-33-20)34-16-24(29)27-21-13-19(31-2)10-11-23(21)32-3/h4-14H,15-16H2,1-3H3,(H,27,29). The van der Waals surface area contributed by atoms with E-state index in [1.54, 1.807) is 52.0 Å². The van der Waals surface area contributed by atoms with Crippen molar-refractivity contribution >= 4 is 23.4 Å². The Morgan fingerprint density at radius 1 is 1.03 bits per heavy atom. The molecule has 176 valence electrons. The topological polar surface area (TPSA) is 87.8 Å². The van der Waals surface area contributed by atoms with E-state index < -0.39 is 0 Å². The van der Waals surface area contributed by atoms with E-state index in [2.05, 4.69) is 10.3 Å². The van der Waals surface area contributed by atoms with Gasteiger partial charge in [0, 0.05) is 11.6 Å². The molecule has 0 saturated carbocycles. The predicted octanol–water partition coefficient (Wildman–Crippen LogP) is 4.95. The SMILES string of the molecule is COc1ccc(-c2cnc(SCC(=O)Nc3cc(OC)ccc3OC)n2Cc2ccco2)cc1. The summed E-state index contributed by atoms with van der Waals surface area (Å²) in [5.74, 6) is 2.73. The van der Waals surface area contributed by atoms with Crippen molar-refractivity contribution in [1.82, 2.24) is 9.55 Å². The van der Waals surface area contributed by atoms with Crippen LogP contribution >= 0.6 is 11.8 Å². The second-order valence-electron chi connectivity index (χ2n) is 7.22. The van der Waals surface area contributed by atoms with Gasteiger partial charge in [-0.05, 0) is 48.5 Å². The number of hydrogen-bond donors (Lipinski definition) is 1. The van der Waals surface area contributed by atoms with Crippen molar-refractivity contribution in [2.24, 2.45) is 0 Å². The predicted molar refractivity (Wildman–Crippen MR) is 131 cm³/mol. The van der Waals surface area contributed by atoms with Gasteiger partial charge in [-0.1, -0.05) is 11.8 Å². The van der Waals surface area contributed by atoms with Crippen LogP contribution in [-0.2, 0) is 11.3 Å². The molecule has 2 aromatic carbocycles. The number of rotatable bonds is 10. The maximum atomic E-state index is 12.7. The second-order valence-corrected chi connectivity index (χ2v) is 8.17. The number of nitrogens with zero attached hydrogens (tertiary/aromatic N) is 2. The van der Waals surface area contributed by atoms with Crippen LogP contribution in [0.25, 0.3) is 11.3 Å². The van der Waals surface area contributed by atoms with E-state index in [9.17, 15) is 4.79 Å². The van der Waals surface area contributed by atoms with Crippen molar-refractivity contribution in [1.29, 1.82) is 0 Å². The Labute approximate surface area is 201 Å². The van der Waals surface area contributed by atoms with E-state index >= 15 is 0 Å². The van der Waals surface area contributed by atoms with Crippen LogP contribution in [0, 0.1) is 0 Å². The second kappa shape index (κ2) is 10.8. The third-order valence-corrected chi connectivity index (χ3v) is 6.10. The molecule has 4 aromatic rings. The minimum Gasteiger partial charge on any atom is -0.497 e. The summed E-state index contributed by atoms with van der Waals surface area (Å²) in [5, 5.41) is 3.59. The van der Waals surface area contributed by atoms with Crippen molar-refractivity contribution in [3.05, 3.63) is 72.8 Å². The Morgan fingerprint density at radius 3 is 2.47 bits per heavy atom. The molecule has 0 radical (unpaired) electrons. The van der Waals surface area contributed by atoms with Crippen molar-refractivity contribution in [2.75, 3.05) is 32.4 Å². The quantitative estimate of drug-likeness (QED) is 0.322. The molecule has 0 atom stereocenters. The Bertz CT molecular complexity index is 1240. The zero-order valence-corrected chi connectivity index (χ0v) is 19.9. The van der Waals surface area contributed by atoms with Crippen LogP contribution in [-0.4, -0.2) is 42.5 Å². The van der Waals surface area contributed by atoms with Gasteiger partial charge >= 0.3 is 0 Å². The first kappa shape index (κ1) is 23.3. The lowest BCUT2D eigenvalue weighted by molar-refractivity contribution is -0.113. The third-order valence-electron chi connectivity index (χ3n) is 5.11. The molecule has 34 heavy (non-hydrogen) atoms. The Balaban J connectivity index is 1.53. The van der Waals surface area contributed by atoms with Crippen LogP contribution in [0.15, 0.2) is 76.6 Å². The van der Waals surface area contributed by atoms with Gasteiger partial charge in [0.05, 0.1) is 57.5 Å². The normalized spacial score (nSPS) is 10.7. The van der Waals surface area contributed by atoms with Crippen molar-refractivity contribution in [3.8, 4) is 28.5 Å². The molecule has 0 aliphatic heterocycles. The number of thioether (sulfide) groups is 1. The molecule has 9 heteroatoms. The molecule has 8 nitrogen and oxygen atoms in total. The number of furan rings is 1. The van der Waals surface area contributed by atoms with Gasteiger partial charge in [-0.2, -0.15) is 0 Å². The molecule has 0 fully saturated rings. The molecule has 2 aromatic heterocycles. The number of imidazole rings is 1. The van der Waals surface area contributed by atoms with E-state index in [-0.39, 0.29) is 11.7 Å². The van der Waals surface area contributed by atoms with Gasteiger partial charge in [-0.15, -0.1) is 0 Å². The highest BCUT2D eigenvalue weighted by atomic mass is 32.2. The summed E-state index contributed by atoms with van der Waals surface area (Å²) in [6.45, 7) is 0.488. The van der Waals surface area contributed by atoms with Gasteiger partial charge in [-0.3, -0.25) is 4.79 Å². The summed E-state index contributed by atoms with van der Waals surface area (Å²) in [6, 6.07) is 16.8. The summed E-state index contributed by atoms with van der Waals surface area (Å²) < 4.78 is 23.4. The number of benzene rings is 2. The zero-order chi connectivity index (χ0) is 23.9. The molecule has 0 bridgehead atoms.